The molecule has 0 aliphatic heterocycles. The number of para-hydroxylation sites is 1. The monoisotopic (exact) mass is 593 g/mol. The highest BCUT2D eigenvalue weighted by molar-refractivity contribution is 7.99. The molecule has 0 saturated carbocycles. The van der Waals surface area contributed by atoms with Gasteiger partial charge in [-0.3, -0.25) is 14.2 Å². The van der Waals surface area contributed by atoms with E-state index in [2.05, 4.69) is 5.32 Å². The maximum atomic E-state index is 13.8. The number of nitrogens with one attached hydrogen (secondary N) is 1. The lowest BCUT2D eigenvalue weighted by atomic mass is 10.1. The summed E-state index contributed by atoms with van der Waals surface area (Å²) in [5.74, 6) is -0.752. The number of benzene rings is 1. The highest BCUT2D eigenvalue weighted by atomic mass is 32.2. The molecule has 4 heterocycles. The van der Waals surface area contributed by atoms with Crippen LogP contribution in [0.2, 0.25) is 0 Å². The summed E-state index contributed by atoms with van der Waals surface area (Å²) in [5, 5.41) is 8.30. The van der Waals surface area contributed by atoms with Crippen LogP contribution in [0.25, 0.3) is 26.3 Å². The van der Waals surface area contributed by atoms with E-state index in [1.165, 1.54) is 39.3 Å². The maximum Gasteiger partial charge on any atom is 0.341 e. The zero-order chi connectivity index (χ0) is 26.9. The van der Waals surface area contributed by atoms with Crippen LogP contribution < -0.4 is 10.9 Å². The predicted molar refractivity (Wildman–Crippen MR) is 160 cm³/mol. The first kappa shape index (κ1) is 26.0. The predicted octanol–water partition coefficient (Wildman–Crippen LogP) is 6.63. The Bertz CT molecular complexity index is 1740. The normalized spacial score (nSPS) is 12.5. The van der Waals surface area contributed by atoms with Crippen LogP contribution in [0.4, 0.5) is 5.00 Å². The number of amides is 1. The van der Waals surface area contributed by atoms with Crippen LogP contribution in [-0.2, 0) is 22.4 Å². The lowest BCUT2D eigenvalue weighted by Crippen LogP contribution is -2.23. The van der Waals surface area contributed by atoms with Gasteiger partial charge in [0.1, 0.15) is 15.4 Å². The van der Waals surface area contributed by atoms with Gasteiger partial charge in [0.2, 0.25) is 5.91 Å². The highest BCUT2D eigenvalue weighted by Crippen LogP contribution is 2.39. The molecule has 1 amide bonds. The summed E-state index contributed by atoms with van der Waals surface area (Å²) < 4.78 is 6.90. The smallest absolute Gasteiger partial charge is 0.341 e. The number of carbonyl (C=O) groups excluding carboxylic acids is 2. The first-order chi connectivity index (χ1) is 19.0. The van der Waals surface area contributed by atoms with Crippen LogP contribution in [0.1, 0.15) is 34.1 Å². The number of aryl methyl sites for hydroxylation is 2. The molecule has 39 heavy (non-hydrogen) atoms. The summed E-state index contributed by atoms with van der Waals surface area (Å²) in [4.78, 5) is 47.5. The number of ether oxygens (including phenoxy) is 1. The molecule has 0 saturated heterocycles. The number of nitrogens with zero attached hydrogens (tertiary/aromatic N) is 2. The summed E-state index contributed by atoms with van der Waals surface area (Å²) in [5.41, 5.74) is 2.83. The Balaban J connectivity index is 1.30. The molecule has 4 aromatic heterocycles. The fourth-order valence-electron chi connectivity index (χ4n) is 4.69. The van der Waals surface area contributed by atoms with Crippen molar-refractivity contribution in [2.24, 2.45) is 0 Å². The SMILES string of the molecule is CCOC(=O)c1c(-c2cccs2)csc1NC(=O)CSc1nc2sc3c(c2c(=O)n1-c1ccccc1)CCC3. The largest absolute Gasteiger partial charge is 0.462 e. The third kappa shape index (κ3) is 4.95. The van der Waals surface area contributed by atoms with Crippen molar-refractivity contribution in [1.29, 1.82) is 0 Å². The molecule has 0 atom stereocenters. The molecular weight excluding hydrogens is 571 g/mol. The van der Waals surface area contributed by atoms with Crippen molar-refractivity contribution in [1.82, 2.24) is 9.55 Å². The third-order valence-corrected chi connectivity index (χ3v) is 10.3. The topological polar surface area (TPSA) is 90.3 Å². The summed E-state index contributed by atoms with van der Waals surface area (Å²) in [6, 6.07) is 13.2. The fourth-order valence-corrected chi connectivity index (χ4v) is 8.59. The van der Waals surface area contributed by atoms with Gasteiger partial charge in [-0.25, -0.2) is 9.78 Å². The molecule has 0 spiro atoms. The maximum absolute atomic E-state index is 13.8. The first-order valence-electron chi connectivity index (χ1n) is 12.4. The molecule has 1 aliphatic carbocycles. The number of hydrogen-bond donors (Lipinski definition) is 1. The van der Waals surface area contributed by atoms with Gasteiger partial charge in [-0.15, -0.1) is 34.0 Å². The molecule has 198 valence electrons. The van der Waals surface area contributed by atoms with E-state index in [-0.39, 0.29) is 23.8 Å². The minimum absolute atomic E-state index is 0.0182. The van der Waals surface area contributed by atoms with E-state index in [4.69, 9.17) is 9.72 Å². The van der Waals surface area contributed by atoms with Gasteiger partial charge >= 0.3 is 5.97 Å². The first-order valence-corrected chi connectivity index (χ1v) is 16.0. The van der Waals surface area contributed by atoms with Crippen molar-refractivity contribution in [2.45, 2.75) is 31.3 Å². The van der Waals surface area contributed by atoms with Crippen molar-refractivity contribution >= 4 is 72.9 Å². The molecule has 5 aromatic rings. The number of rotatable bonds is 8. The van der Waals surface area contributed by atoms with Crippen molar-refractivity contribution in [3.05, 3.63) is 79.6 Å². The van der Waals surface area contributed by atoms with Gasteiger partial charge in [0.05, 0.1) is 23.4 Å². The molecule has 7 nitrogen and oxygen atoms in total. The molecule has 0 unspecified atom stereocenters. The summed E-state index contributed by atoms with van der Waals surface area (Å²) in [7, 11) is 0. The fraction of sp³-hybridized carbons (Fsp3) is 0.214. The van der Waals surface area contributed by atoms with E-state index >= 15 is 0 Å². The number of thioether (sulfide) groups is 1. The molecule has 1 aromatic carbocycles. The number of thiophene rings is 3. The standard InChI is InChI=1S/C28H23N3O4S4/c1-2-35-27(34)23-18(19-12-7-13-36-19)14-37-24(23)29-21(32)15-38-28-30-25-22(17-10-6-11-20(17)39-25)26(33)31(28)16-8-4-3-5-9-16/h3-5,7-9,12-14H,2,6,10-11,15H2,1H3,(H,29,32). The molecule has 0 radical (unpaired) electrons. The minimum Gasteiger partial charge on any atom is -0.462 e. The summed E-state index contributed by atoms with van der Waals surface area (Å²) in [6.45, 7) is 1.99. The van der Waals surface area contributed by atoms with Gasteiger partial charge in [0, 0.05) is 20.7 Å². The molecule has 6 rings (SSSR count). The molecule has 0 bridgehead atoms. The summed E-state index contributed by atoms with van der Waals surface area (Å²) in [6.07, 6.45) is 2.93. The average Bonchev–Trinajstić information content (AvgIpc) is 3.72. The van der Waals surface area contributed by atoms with E-state index in [0.717, 1.165) is 40.1 Å². The molecular formula is C28H23N3O4S4. The van der Waals surface area contributed by atoms with Crippen LogP contribution in [0.5, 0.6) is 0 Å². The zero-order valence-corrected chi connectivity index (χ0v) is 24.2. The summed E-state index contributed by atoms with van der Waals surface area (Å²) >= 11 is 5.59. The van der Waals surface area contributed by atoms with Crippen LogP contribution in [0.3, 0.4) is 0 Å². The Hall–Kier alpha value is -3.25. The molecule has 0 fully saturated rings. The Morgan fingerprint density at radius 1 is 1.13 bits per heavy atom. The second-order valence-corrected chi connectivity index (χ2v) is 12.6. The van der Waals surface area contributed by atoms with Crippen LogP contribution >= 0.6 is 45.8 Å². The van der Waals surface area contributed by atoms with Gasteiger partial charge < -0.3 is 10.1 Å². The van der Waals surface area contributed by atoms with E-state index < -0.39 is 5.97 Å². The second-order valence-electron chi connectivity index (χ2n) is 8.80. The lowest BCUT2D eigenvalue weighted by molar-refractivity contribution is -0.113. The van der Waals surface area contributed by atoms with Gasteiger partial charge in [0.25, 0.3) is 5.56 Å². The van der Waals surface area contributed by atoms with Gasteiger partial charge in [-0.2, -0.15) is 0 Å². The van der Waals surface area contributed by atoms with Crippen molar-refractivity contribution in [3.8, 4) is 16.1 Å². The average molecular weight is 594 g/mol. The Morgan fingerprint density at radius 3 is 2.74 bits per heavy atom. The lowest BCUT2D eigenvalue weighted by Gasteiger charge is -2.12. The van der Waals surface area contributed by atoms with Crippen LogP contribution in [-0.4, -0.2) is 33.8 Å². The Morgan fingerprint density at radius 2 is 1.97 bits per heavy atom. The second kappa shape index (κ2) is 11.1. The molecule has 1 aliphatic rings. The van der Waals surface area contributed by atoms with E-state index in [1.807, 2.05) is 53.2 Å². The number of aromatic nitrogens is 2. The van der Waals surface area contributed by atoms with E-state index in [0.29, 0.717) is 26.8 Å². The van der Waals surface area contributed by atoms with Crippen LogP contribution in [0.15, 0.2) is 63.2 Å². The number of esters is 1. The van der Waals surface area contributed by atoms with Crippen molar-refractivity contribution < 1.29 is 14.3 Å². The van der Waals surface area contributed by atoms with E-state index in [1.54, 1.807) is 22.8 Å². The van der Waals surface area contributed by atoms with Crippen molar-refractivity contribution in [3.63, 3.8) is 0 Å². The van der Waals surface area contributed by atoms with Crippen LogP contribution in [0, 0.1) is 0 Å². The Kier molecular flexibility index (Phi) is 7.39. The number of fused-ring (bicyclic) bond motifs is 3. The number of hydrogen-bond acceptors (Lipinski definition) is 9. The number of anilines is 1. The zero-order valence-electron chi connectivity index (χ0n) is 20.9. The van der Waals surface area contributed by atoms with Crippen molar-refractivity contribution in [2.75, 3.05) is 17.7 Å². The minimum atomic E-state index is -0.471. The third-order valence-electron chi connectivity index (χ3n) is 6.37. The molecule has 11 heteroatoms. The molecule has 1 N–H and O–H groups in total. The number of carbonyl (C=O) groups is 2. The highest BCUT2D eigenvalue weighted by Gasteiger charge is 2.26. The quantitative estimate of drug-likeness (QED) is 0.123. The Labute approximate surface area is 240 Å². The van der Waals surface area contributed by atoms with Gasteiger partial charge in [-0.1, -0.05) is 36.0 Å². The van der Waals surface area contributed by atoms with Gasteiger partial charge in [-0.05, 0) is 55.3 Å². The van der Waals surface area contributed by atoms with E-state index in [9.17, 15) is 14.4 Å². The van der Waals surface area contributed by atoms with Gasteiger partial charge in [0.15, 0.2) is 5.16 Å².